The van der Waals surface area contributed by atoms with Crippen LogP contribution in [0.5, 0.6) is 0 Å². The van der Waals surface area contributed by atoms with Gasteiger partial charge in [-0.2, -0.15) is 0 Å². The lowest BCUT2D eigenvalue weighted by molar-refractivity contribution is -0.298. The molecule has 5 heterocycles. The lowest BCUT2D eigenvalue weighted by atomic mass is 9.73. The van der Waals surface area contributed by atoms with Crippen molar-refractivity contribution in [1.29, 1.82) is 0 Å². The average molecular weight is 906 g/mol. The number of ether oxygens (including phenoxy) is 6. The number of cyclic esters (lactones) is 1. The molecule has 2 aromatic rings. The highest BCUT2D eigenvalue weighted by atomic mass is 16.7. The SMILES string of the molecule is CC[C@H]1OC(=O)[C@H](C)[C@@H](OC(=O)Cc2cccnc2)[C@H](C)[C@@H](O[C@@H]2O[C@H](C)C[C@H](N(C)C)[C@H]2O)[C@](C)(OC(=O)NCC=CC=Cc2cccnc2)C[C@@H](C)C(=O)[C@H](C)[C@H]2NC(=O)O[C@@]21C. The van der Waals surface area contributed by atoms with Gasteiger partial charge in [-0.05, 0) is 84.3 Å². The number of aliphatic hydroxyl groups is 1. The number of likely N-dealkylation sites (N-methyl/N-ethyl adjacent to an activating group) is 1. The predicted molar refractivity (Wildman–Crippen MR) is 239 cm³/mol. The number of nitrogens with one attached hydrogen (secondary N) is 2. The zero-order valence-electron chi connectivity index (χ0n) is 39.2. The van der Waals surface area contributed by atoms with E-state index in [4.69, 9.17) is 28.4 Å². The first-order valence-electron chi connectivity index (χ1n) is 22.4. The number of aromatic nitrogens is 2. The second-order valence-corrected chi connectivity index (χ2v) is 18.3. The molecule has 2 aromatic heterocycles. The number of alkyl carbamates (subject to hydrolysis) is 2. The molecule has 14 atom stereocenters. The van der Waals surface area contributed by atoms with Crippen LogP contribution < -0.4 is 10.6 Å². The van der Waals surface area contributed by atoms with Crippen LogP contribution in [0.4, 0.5) is 9.59 Å². The Balaban J connectivity index is 1.60. The number of amides is 2. The number of fused-ring (bicyclic) bond motifs is 1. The van der Waals surface area contributed by atoms with E-state index in [1.165, 1.54) is 6.20 Å². The van der Waals surface area contributed by atoms with E-state index in [-0.39, 0.29) is 37.7 Å². The van der Waals surface area contributed by atoms with Crippen LogP contribution in [0.2, 0.25) is 0 Å². The van der Waals surface area contributed by atoms with E-state index in [1.807, 2.05) is 44.1 Å². The lowest BCUT2D eigenvalue weighted by Gasteiger charge is -2.48. The summed E-state index contributed by atoms with van der Waals surface area (Å²) in [5.74, 6) is -5.73. The summed E-state index contributed by atoms with van der Waals surface area (Å²) in [5.41, 5.74) is -1.78. The third-order valence-corrected chi connectivity index (χ3v) is 12.9. The van der Waals surface area contributed by atoms with E-state index in [0.29, 0.717) is 12.0 Å². The van der Waals surface area contributed by atoms with Crippen molar-refractivity contribution < 1.29 is 57.5 Å². The van der Waals surface area contributed by atoms with E-state index in [1.54, 1.807) is 97.4 Å². The second-order valence-electron chi connectivity index (χ2n) is 18.3. The number of ketones is 1. The molecule has 0 aliphatic carbocycles. The van der Waals surface area contributed by atoms with E-state index in [9.17, 15) is 29.1 Å². The number of aliphatic hydroxyl groups excluding tert-OH is 1. The number of carbonyl (C=O) groups is 5. The third-order valence-electron chi connectivity index (χ3n) is 12.9. The Hall–Kier alpha value is -5.23. The smallest absolute Gasteiger partial charge is 0.408 e. The molecule has 5 rings (SSSR count). The standard InChI is InChI=1S/C48H67N5O12/c1-11-36-48(8)41(52-46(59)65-48)30(4)38(55)28(2)25-47(7,64-45(58)51-22-14-12-13-17-33-18-15-20-49-26-33)42(63-44-39(56)35(53(9)10)23-29(3)60-44)31(5)40(32(6)43(57)61-36)62-37(54)24-34-19-16-21-50-27-34/h12-21,26-32,35-36,39-42,44,56H,11,22-25H2,1-10H3,(H,51,58)(H,52,59)/t28-,29-,30+,31+,32-,35+,36-,39-,40+,41-,42-,44+,47-,48-/m1/s1. The molecule has 356 valence electrons. The van der Waals surface area contributed by atoms with Gasteiger partial charge in [-0.25, -0.2) is 9.59 Å². The summed E-state index contributed by atoms with van der Waals surface area (Å²) in [7, 11) is 3.67. The third kappa shape index (κ3) is 12.6. The van der Waals surface area contributed by atoms with E-state index >= 15 is 0 Å². The second kappa shape index (κ2) is 22.3. The maximum absolute atomic E-state index is 14.7. The molecule has 0 aromatic carbocycles. The normalized spacial score (nSPS) is 34.9. The van der Waals surface area contributed by atoms with Gasteiger partial charge in [-0.1, -0.05) is 64.1 Å². The highest BCUT2D eigenvalue weighted by Crippen LogP contribution is 2.42. The highest BCUT2D eigenvalue weighted by molar-refractivity contribution is 5.85. The Bertz CT molecular complexity index is 2000. The van der Waals surface area contributed by atoms with Crippen molar-refractivity contribution in [3.05, 3.63) is 78.4 Å². The van der Waals surface area contributed by atoms with Crippen molar-refractivity contribution in [3.63, 3.8) is 0 Å². The minimum Gasteiger partial charge on any atom is -0.461 e. The fraction of sp³-hybridized carbons (Fsp3) is 0.604. The summed E-state index contributed by atoms with van der Waals surface area (Å²) < 4.78 is 37.9. The van der Waals surface area contributed by atoms with Gasteiger partial charge >= 0.3 is 24.1 Å². The molecule has 0 bridgehead atoms. The molecule has 0 unspecified atom stereocenters. The summed E-state index contributed by atoms with van der Waals surface area (Å²) in [6.07, 6.45) is 5.79. The lowest BCUT2D eigenvalue weighted by Crippen LogP contribution is -2.61. The number of hydrogen-bond donors (Lipinski definition) is 3. The van der Waals surface area contributed by atoms with Gasteiger partial charge in [0.05, 0.1) is 24.5 Å². The molecule has 0 spiro atoms. The predicted octanol–water partition coefficient (Wildman–Crippen LogP) is 5.20. The number of Topliss-reactive ketones (excluding diaryl/α,β-unsaturated/α-hetero) is 1. The number of esters is 2. The van der Waals surface area contributed by atoms with Crippen LogP contribution in [0.1, 0.15) is 85.8 Å². The zero-order chi connectivity index (χ0) is 47.6. The van der Waals surface area contributed by atoms with Gasteiger partial charge in [0.15, 0.2) is 11.9 Å². The van der Waals surface area contributed by atoms with Crippen LogP contribution in [0.15, 0.2) is 67.3 Å². The van der Waals surface area contributed by atoms with Gasteiger partial charge in [0.1, 0.15) is 35.8 Å². The van der Waals surface area contributed by atoms with Gasteiger partial charge < -0.3 is 49.1 Å². The maximum atomic E-state index is 14.7. The molecule has 3 N–H and O–H groups in total. The summed E-state index contributed by atoms with van der Waals surface area (Å²) in [5, 5.41) is 17.4. The van der Waals surface area contributed by atoms with Crippen molar-refractivity contribution in [1.82, 2.24) is 25.5 Å². The molecule has 0 radical (unpaired) electrons. The van der Waals surface area contributed by atoms with Gasteiger partial charge in [0.2, 0.25) is 0 Å². The van der Waals surface area contributed by atoms with Crippen LogP contribution in [-0.4, -0.2) is 131 Å². The van der Waals surface area contributed by atoms with E-state index in [2.05, 4.69) is 20.6 Å². The maximum Gasteiger partial charge on any atom is 0.408 e. The van der Waals surface area contributed by atoms with Gasteiger partial charge in [0.25, 0.3) is 0 Å². The quantitative estimate of drug-likeness (QED) is 0.142. The number of carbonyl (C=O) groups excluding carboxylic acids is 5. The number of allylic oxidation sites excluding steroid dienone is 2. The first-order valence-corrected chi connectivity index (χ1v) is 22.4. The van der Waals surface area contributed by atoms with Gasteiger partial charge in [0, 0.05) is 55.1 Å². The minimum atomic E-state index is -1.76. The summed E-state index contributed by atoms with van der Waals surface area (Å²) in [6, 6.07) is 5.79. The first-order chi connectivity index (χ1) is 30.8. The van der Waals surface area contributed by atoms with Crippen molar-refractivity contribution >= 4 is 36.0 Å². The van der Waals surface area contributed by atoms with E-state index < -0.39 is 102 Å². The molecule has 17 nitrogen and oxygen atoms in total. The topological polar surface area (TPSA) is 214 Å². The van der Waals surface area contributed by atoms with Gasteiger partial charge in [-0.15, -0.1) is 0 Å². The molecule has 65 heavy (non-hydrogen) atoms. The Kier molecular flexibility index (Phi) is 17.4. The van der Waals surface area contributed by atoms with Crippen LogP contribution in [0.3, 0.4) is 0 Å². The van der Waals surface area contributed by atoms with Gasteiger partial charge in [-0.3, -0.25) is 24.4 Å². The summed E-state index contributed by atoms with van der Waals surface area (Å²) >= 11 is 0. The van der Waals surface area contributed by atoms with Crippen molar-refractivity contribution in [3.8, 4) is 0 Å². The molecule has 17 heteroatoms. The van der Waals surface area contributed by atoms with Crippen molar-refractivity contribution in [2.75, 3.05) is 20.6 Å². The molecule has 3 fully saturated rings. The number of hydrogen-bond acceptors (Lipinski definition) is 15. The number of rotatable bonds is 12. The average Bonchev–Trinajstić information content (AvgIpc) is 3.58. The first kappa shape index (κ1) is 50.8. The number of pyridine rings is 2. The summed E-state index contributed by atoms with van der Waals surface area (Å²) in [6.45, 7) is 13.5. The van der Waals surface area contributed by atoms with Crippen molar-refractivity contribution in [2.24, 2.45) is 23.7 Å². The van der Waals surface area contributed by atoms with Crippen LogP contribution >= 0.6 is 0 Å². The molecular weight excluding hydrogens is 839 g/mol. The number of nitrogens with zero attached hydrogens (tertiary/aromatic N) is 3. The molecule has 2 amide bonds. The van der Waals surface area contributed by atoms with Crippen molar-refractivity contribution in [2.45, 2.75) is 141 Å². The highest BCUT2D eigenvalue weighted by Gasteiger charge is 2.58. The van der Waals surface area contributed by atoms with Crippen LogP contribution in [0, 0.1) is 23.7 Å². The Morgan fingerprint density at radius 2 is 1.72 bits per heavy atom. The monoisotopic (exact) mass is 905 g/mol. The molecular formula is C48H67N5O12. The molecule has 3 saturated heterocycles. The fourth-order valence-electron chi connectivity index (χ4n) is 9.48. The molecule has 3 aliphatic heterocycles. The largest absolute Gasteiger partial charge is 0.461 e. The molecule has 0 saturated carbocycles. The Labute approximate surface area is 382 Å². The Morgan fingerprint density at radius 3 is 2.37 bits per heavy atom. The zero-order valence-corrected chi connectivity index (χ0v) is 39.2. The summed E-state index contributed by atoms with van der Waals surface area (Å²) in [4.78, 5) is 80.2. The van der Waals surface area contributed by atoms with E-state index in [0.717, 1.165) is 5.56 Å². The minimum absolute atomic E-state index is 0.0569. The molecule has 3 aliphatic rings. The fourth-order valence-corrected chi connectivity index (χ4v) is 9.48. The Morgan fingerprint density at radius 1 is 1.02 bits per heavy atom. The van der Waals surface area contributed by atoms with Crippen LogP contribution in [0.25, 0.3) is 6.08 Å². The van der Waals surface area contributed by atoms with Crippen LogP contribution in [-0.2, 0) is 49.2 Å².